The van der Waals surface area contributed by atoms with Crippen molar-refractivity contribution in [2.24, 2.45) is 0 Å². The van der Waals surface area contributed by atoms with Gasteiger partial charge in [-0.15, -0.1) is 0 Å². The van der Waals surface area contributed by atoms with Gasteiger partial charge in [-0.3, -0.25) is 0 Å². The van der Waals surface area contributed by atoms with Gasteiger partial charge in [0.05, 0.1) is 10.9 Å². The van der Waals surface area contributed by atoms with Crippen molar-refractivity contribution in [2.45, 2.75) is 88.3 Å². The third-order valence-electron chi connectivity index (χ3n) is 7.67. The van der Waals surface area contributed by atoms with Crippen LogP contribution in [0.2, 0.25) is 24.3 Å². The van der Waals surface area contributed by atoms with Crippen LogP contribution in [0.25, 0.3) is 0 Å². The Hall–Kier alpha value is -1.93. The molecule has 3 rings (SSSR count). The molecule has 0 bridgehead atoms. The smallest absolute Gasteiger partial charge is 0.161 e. The molecule has 3 aromatic rings. The van der Waals surface area contributed by atoms with Gasteiger partial charge in [0.2, 0.25) is 0 Å². The summed E-state index contributed by atoms with van der Waals surface area (Å²) in [6, 6.07) is 30.6. The first-order chi connectivity index (χ1) is 15.3. The molecule has 2 heteroatoms. The maximum absolute atomic E-state index is 2.39. The highest BCUT2D eigenvalue weighted by Gasteiger charge is 2.30. The highest BCUT2D eigenvalue weighted by atomic mass is 32.2. The van der Waals surface area contributed by atoms with Crippen molar-refractivity contribution in [3.05, 3.63) is 96.1 Å². The number of hydrogen-bond donors (Lipinski definition) is 0. The zero-order chi connectivity index (χ0) is 23.6. The van der Waals surface area contributed by atoms with Crippen LogP contribution < -0.4 is 0 Å². The second kappa shape index (κ2) is 12.4. The first-order valence-corrected chi connectivity index (χ1v) is 13.7. The SMILES string of the molecule is CC[B-](CC)(CC)C(C)(C)C.Cc1ccc(C[S+](c2ccccc2)c2ccccc2)cc1. The van der Waals surface area contributed by atoms with Gasteiger partial charge in [0, 0.05) is 11.7 Å². The Bertz CT molecular complexity index is 843. The molecule has 0 heterocycles. The van der Waals surface area contributed by atoms with Gasteiger partial charge in [-0.25, -0.2) is 0 Å². The van der Waals surface area contributed by atoms with Crippen molar-refractivity contribution in [3.8, 4) is 0 Å². The molecular formula is C30H43BS. The second-order valence-electron chi connectivity index (χ2n) is 10.2. The molecule has 0 aliphatic carbocycles. The summed E-state index contributed by atoms with van der Waals surface area (Å²) in [4.78, 5) is 2.81. The molecule has 0 radical (unpaired) electrons. The number of aryl methyl sites for hydroxylation is 1. The fourth-order valence-corrected chi connectivity index (χ4v) is 7.13. The van der Waals surface area contributed by atoms with Crippen molar-refractivity contribution in [2.75, 3.05) is 0 Å². The third kappa shape index (κ3) is 7.04. The Kier molecular flexibility index (Phi) is 10.2. The zero-order valence-corrected chi connectivity index (χ0v) is 22.2. The summed E-state index contributed by atoms with van der Waals surface area (Å²) in [5, 5.41) is 0.526. The lowest BCUT2D eigenvalue weighted by atomic mass is 9.11. The lowest BCUT2D eigenvalue weighted by Crippen LogP contribution is -2.41. The first-order valence-electron chi connectivity index (χ1n) is 12.3. The van der Waals surface area contributed by atoms with Crippen molar-refractivity contribution >= 4 is 17.0 Å². The molecule has 0 aliphatic heterocycles. The predicted octanol–water partition coefficient (Wildman–Crippen LogP) is 9.53. The minimum absolute atomic E-state index is 0.0912. The summed E-state index contributed by atoms with van der Waals surface area (Å²) in [5.74, 6) is 1.06. The molecule has 0 aromatic heterocycles. The van der Waals surface area contributed by atoms with Gasteiger partial charge in [0.15, 0.2) is 9.79 Å². The van der Waals surface area contributed by atoms with Crippen LogP contribution in [0.15, 0.2) is 94.7 Å². The van der Waals surface area contributed by atoms with E-state index >= 15 is 0 Å². The van der Waals surface area contributed by atoms with Gasteiger partial charge in [-0.1, -0.05) is 108 Å². The molecule has 0 atom stereocenters. The molecule has 0 nitrogen and oxygen atoms in total. The van der Waals surface area contributed by atoms with E-state index in [1.54, 1.807) is 0 Å². The normalized spacial score (nSPS) is 11.8. The molecule has 0 fully saturated rings. The van der Waals surface area contributed by atoms with Crippen LogP contribution >= 0.6 is 0 Å². The van der Waals surface area contributed by atoms with Gasteiger partial charge in [0.25, 0.3) is 0 Å². The summed E-state index contributed by atoms with van der Waals surface area (Å²) < 4.78 is 0. The van der Waals surface area contributed by atoms with Crippen LogP contribution in [0, 0.1) is 6.92 Å². The third-order valence-corrected chi connectivity index (χ3v) is 9.97. The maximum Gasteiger partial charge on any atom is 0.161 e. The van der Waals surface area contributed by atoms with E-state index in [1.807, 2.05) is 0 Å². The highest BCUT2D eigenvalue weighted by molar-refractivity contribution is 7.96. The van der Waals surface area contributed by atoms with Crippen molar-refractivity contribution in [1.82, 2.24) is 0 Å². The molecular weight excluding hydrogens is 403 g/mol. The number of hydrogen-bond acceptors (Lipinski definition) is 0. The van der Waals surface area contributed by atoms with E-state index < -0.39 is 0 Å². The Morgan fingerprint density at radius 3 is 1.34 bits per heavy atom. The number of rotatable bonds is 7. The fourth-order valence-electron chi connectivity index (χ4n) is 5.03. The molecule has 0 amide bonds. The van der Waals surface area contributed by atoms with E-state index in [-0.39, 0.29) is 17.0 Å². The molecule has 172 valence electrons. The van der Waals surface area contributed by atoms with E-state index in [2.05, 4.69) is 133 Å². The lowest BCUT2D eigenvalue weighted by molar-refractivity contribution is 0.698. The molecule has 0 aliphatic rings. The molecule has 0 saturated carbocycles. The topological polar surface area (TPSA) is 0 Å². The van der Waals surface area contributed by atoms with E-state index in [0.717, 1.165) is 5.75 Å². The number of benzene rings is 3. The van der Waals surface area contributed by atoms with Gasteiger partial charge in [-0.2, -0.15) is 24.3 Å². The summed E-state index contributed by atoms with van der Waals surface area (Å²) in [5.41, 5.74) is 2.72. The van der Waals surface area contributed by atoms with Crippen LogP contribution in [0.5, 0.6) is 0 Å². The van der Waals surface area contributed by atoms with Gasteiger partial charge >= 0.3 is 0 Å². The Morgan fingerprint density at radius 2 is 1.03 bits per heavy atom. The van der Waals surface area contributed by atoms with E-state index in [0.29, 0.717) is 5.31 Å². The van der Waals surface area contributed by atoms with Crippen LogP contribution in [-0.2, 0) is 16.6 Å². The standard InChI is InChI=1S/C20H19S.C10H24B/c1-17-12-14-18(15-13-17)16-21(19-8-4-2-5-9-19)20-10-6-3-7-11-20;1-7-11(8-2,9-3)10(4,5)6/h2-15H,16H2,1H3;7-9H2,1-6H3/q+1;-1. The van der Waals surface area contributed by atoms with Crippen LogP contribution in [0.3, 0.4) is 0 Å². The van der Waals surface area contributed by atoms with Crippen molar-refractivity contribution < 1.29 is 0 Å². The quantitative estimate of drug-likeness (QED) is 0.250. The van der Waals surface area contributed by atoms with E-state index in [9.17, 15) is 0 Å². The van der Waals surface area contributed by atoms with Crippen molar-refractivity contribution in [3.63, 3.8) is 0 Å². The average Bonchev–Trinajstić information content (AvgIpc) is 2.81. The first kappa shape index (κ1) is 26.3. The maximum atomic E-state index is 2.39. The predicted molar refractivity (Wildman–Crippen MR) is 149 cm³/mol. The van der Waals surface area contributed by atoms with E-state index in [4.69, 9.17) is 0 Å². The van der Waals surface area contributed by atoms with Gasteiger partial charge in [-0.05, 0) is 31.2 Å². The molecule has 3 aromatic carbocycles. The summed E-state index contributed by atoms with van der Waals surface area (Å²) in [7, 11) is 0.0912. The molecule has 0 saturated heterocycles. The highest BCUT2D eigenvalue weighted by Crippen LogP contribution is 2.43. The Labute approximate surface area is 201 Å². The minimum Gasteiger partial charge on any atom is -0.181 e. The summed E-state index contributed by atoms with van der Waals surface area (Å²) in [6.45, 7) is 16.4. The zero-order valence-electron chi connectivity index (χ0n) is 21.4. The monoisotopic (exact) mass is 446 g/mol. The molecule has 0 N–H and O–H groups in total. The van der Waals surface area contributed by atoms with Crippen LogP contribution in [-0.4, -0.2) is 6.15 Å². The minimum atomic E-state index is -0.104. The Balaban J connectivity index is 0.000000282. The molecule has 32 heavy (non-hydrogen) atoms. The van der Waals surface area contributed by atoms with Gasteiger partial charge in [0.1, 0.15) is 5.75 Å². The lowest BCUT2D eigenvalue weighted by Gasteiger charge is -2.49. The second-order valence-corrected chi connectivity index (χ2v) is 12.2. The molecule has 0 unspecified atom stereocenters. The van der Waals surface area contributed by atoms with Crippen molar-refractivity contribution in [1.29, 1.82) is 0 Å². The van der Waals surface area contributed by atoms with Crippen LogP contribution in [0.4, 0.5) is 0 Å². The van der Waals surface area contributed by atoms with Crippen LogP contribution in [0.1, 0.15) is 52.7 Å². The average molecular weight is 447 g/mol. The Morgan fingerprint density at radius 1 is 0.625 bits per heavy atom. The summed E-state index contributed by atoms with van der Waals surface area (Å²) >= 11 is 0. The molecule has 0 spiro atoms. The van der Waals surface area contributed by atoms with Gasteiger partial charge < -0.3 is 0 Å². The largest absolute Gasteiger partial charge is 0.181 e. The fraction of sp³-hybridized carbons (Fsp3) is 0.400. The van der Waals surface area contributed by atoms with E-state index in [1.165, 1.54) is 39.9 Å². The summed E-state index contributed by atoms with van der Waals surface area (Å²) in [6.07, 6.45) is 4.01.